The Hall–Kier alpha value is -10.2. The highest BCUT2D eigenvalue weighted by Crippen LogP contribution is 2.41. The van der Waals surface area contributed by atoms with Crippen molar-refractivity contribution < 1.29 is 4.39 Å². The SMILES string of the molecule is Cc1ccc(-c2nc(-c3ccc(F)cc3)nc(-n3c4cc(-c5ccc(-n6c7ccccc7c7ccc(-c8ccccc8)cc76)cc5)ccc4c4ccc(-n5c6ccccc6c6ccc(-c7ccccc7)cc65)cc43)n2)cc1. The van der Waals surface area contributed by atoms with Gasteiger partial charge in [-0.2, -0.15) is 9.97 Å². The molecule has 0 bridgehead atoms. The molecule has 0 saturated carbocycles. The molecule has 7 heteroatoms. The van der Waals surface area contributed by atoms with Gasteiger partial charge in [0.05, 0.1) is 33.1 Å². The first-order chi connectivity index (χ1) is 38.0. The quantitative estimate of drug-likeness (QED) is 0.152. The summed E-state index contributed by atoms with van der Waals surface area (Å²) in [6.07, 6.45) is 0. The lowest BCUT2D eigenvalue weighted by Gasteiger charge is -2.13. The largest absolute Gasteiger partial charge is 0.309 e. The number of halogens is 1. The van der Waals surface area contributed by atoms with E-state index in [1.165, 1.54) is 44.8 Å². The molecule has 0 spiro atoms. The van der Waals surface area contributed by atoms with Crippen LogP contribution < -0.4 is 0 Å². The van der Waals surface area contributed by atoms with Crippen molar-refractivity contribution in [3.05, 3.63) is 266 Å². The fraction of sp³-hybridized carbons (Fsp3) is 0.0143. The van der Waals surface area contributed by atoms with Crippen molar-refractivity contribution in [1.29, 1.82) is 0 Å². The Kier molecular flexibility index (Phi) is 10.2. The molecule has 0 aliphatic carbocycles. The van der Waals surface area contributed by atoms with E-state index in [1.807, 2.05) is 12.1 Å². The molecule has 6 nitrogen and oxygen atoms in total. The van der Waals surface area contributed by atoms with E-state index in [-0.39, 0.29) is 5.82 Å². The van der Waals surface area contributed by atoms with Crippen LogP contribution >= 0.6 is 0 Å². The zero-order valence-corrected chi connectivity index (χ0v) is 41.8. The monoisotopic (exact) mass is 988 g/mol. The van der Waals surface area contributed by atoms with Gasteiger partial charge in [0.25, 0.3) is 0 Å². The van der Waals surface area contributed by atoms with E-state index in [0.29, 0.717) is 23.2 Å². The molecule has 0 N–H and O–H groups in total. The van der Waals surface area contributed by atoms with Gasteiger partial charge in [-0.3, -0.25) is 4.57 Å². The minimum Gasteiger partial charge on any atom is -0.309 e. The molecule has 0 aliphatic rings. The number of benzene rings is 11. The smallest absolute Gasteiger partial charge is 0.238 e. The Morgan fingerprint density at radius 3 is 1.16 bits per heavy atom. The molecule has 4 heterocycles. The number of hydrogen-bond donors (Lipinski definition) is 0. The molecule has 11 aromatic carbocycles. The van der Waals surface area contributed by atoms with Crippen molar-refractivity contribution in [3.63, 3.8) is 0 Å². The minimum atomic E-state index is -0.328. The molecule has 15 aromatic rings. The maximum absolute atomic E-state index is 14.5. The maximum Gasteiger partial charge on any atom is 0.238 e. The number of para-hydroxylation sites is 2. The average Bonchev–Trinajstić information content (AvgIpc) is 4.21. The summed E-state index contributed by atoms with van der Waals surface area (Å²) in [6, 6.07) is 88.9. The molecule has 77 heavy (non-hydrogen) atoms. The third-order valence-corrected chi connectivity index (χ3v) is 15.3. The predicted molar refractivity (Wildman–Crippen MR) is 315 cm³/mol. The highest BCUT2D eigenvalue weighted by molar-refractivity contribution is 6.13. The van der Waals surface area contributed by atoms with E-state index in [1.54, 1.807) is 12.1 Å². The van der Waals surface area contributed by atoms with Crippen LogP contribution in [0.5, 0.6) is 0 Å². The fourth-order valence-corrected chi connectivity index (χ4v) is 11.5. The second kappa shape index (κ2) is 17.7. The van der Waals surface area contributed by atoms with E-state index in [0.717, 1.165) is 88.6 Å². The van der Waals surface area contributed by atoms with Gasteiger partial charge in [0.2, 0.25) is 5.95 Å². The zero-order chi connectivity index (χ0) is 51.1. The van der Waals surface area contributed by atoms with Crippen molar-refractivity contribution in [2.45, 2.75) is 6.92 Å². The van der Waals surface area contributed by atoms with Gasteiger partial charge in [-0.05, 0) is 119 Å². The van der Waals surface area contributed by atoms with Gasteiger partial charge < -0.3 is 9.13 Å². The number of nitrogens with zero attached hydrogens (tertiary/aromatic N) is 6. The second-order valence-corrected chi connectivity index (χ2v) is 19.9. The van der Waals surface area contributed by atoms with Crippen LogP contribution in [0.4, 0.5) is 4.39 Å². The molecule has 15 rings (SSSR count). The van der Waals surface area contributed by atoms with Gasteiger partial charge in [-0.25, -0.2) is 9.37 Å². The van der Waals surface area contributed by atoms with Gasteiger partial charge >= 0.3 is 0 Å². The minimum absolute atomic E-state index is 0.328. The Morgan fingerprint density at radius 2 is 0.636 bits per heavy atom. The normalized spacial score (nSPS) is 11.8. The first-order valence-electron chi connectivity index (χ1n) is 25.9. The van der Waals surface area contributed by atoms with Crippen LogP contribution in [0.2, 0.25) is 0 Å². The summed E-state index contributed by atoms with van der Waals surface area (Å²) in [5.74, 6) is 1.09. The van der Waals surface area contributed by atoms with E-state index >= 15 is 0 Å². The van der Waals surface area contributed by atoms with Crippen LogP contribution in [0.1, 0.15) is 5.56 Å². The van der Waals surface area contributed by atoms with E-state index in [4.69, 9.17) is 15.0 Å². The van der Waals surface area contributed by atoms with Gasteiger partial charge in [-0.1, -0.05) is 181 Å². The number of aryl methyl sites for hydroxylation is 1. The third kappa shape index (κ3) is 7.42. The van der Waals surface area contributed by atoms with Gasteiger partial charge in [0.15, 0.2) is 11.6 Å². The first-order valence-corrected chi connectivity index (χ1v) is 25.9. The van der Waals surface area contributed by atoms with Gasteiger partial charge in [0.1, 0.15) is 5.82 Å². The average molecular weight is 989 g/mol. The summed E-state index contributed by atoms with van der Waals surface area (Å²) in [7, 11) is 0. The summed E-state index contributed by atoms with van der Waals surface area (Å²) in [6.45, 7) is 2.07. The molecule has 4 aromatic heterocycles. The van der Waals surface area contributed by atoms with Crippen molar-refractivity contribution in [3.8, 4) is 73.5 Å². The standard InChI is InChI=1S/C70H45FN6/c1-44-20-22-48(23-21-44)68-72-69(49-24-31-53(71)32-25-49)74-70(73-68)77-66-42-52(47-26-33-54(34-27-47)75-62-18-10-8-16-56(62)58-36-28-50(40-64(58)75)45-12-4-2-5-13-45)30-38-60(66)61-39-35-55(43-67(61)77)76-63-19-11-9-17-57(63)59-37-29-51(41-65(59)76)46-14-6-3-7-15-46/h2-43H,1H3. The highest BCUT2D eigenvalue weighted by Gasteiger charge is 2.22. The summed E-state index contributed by atoms with van der Waals surface area (Å²) in [5.41, 5.74) is 17.9. The van der Waals surface area contributed by atoms with Crippen molar-refractivity contribution >= 4 is 65.4 Å². The van der Waals surface area contributed by atoms with Crippen molar-refractivity contribution in [2.75, 3.05) is 0 Å². The third-order valence-electron chi connectivity index (χ3n) is 15.3. The Bertz CT molecular complexity index is 4720. The molecule has 362 valence electrons. The molecular weight excluding hydrogens is 944 g/mol. The molecule has 0 radical (unpaired) electrons. The Balaban J connectivity index is 0.944. The van der Waals surface area contributed by atoms with Crippen LogP contribution in [-0.4, -0.2) is 28.7 Å². The van der Waals surface area contributed by atoms with Crippen LogP contribution in [0.25, 0.3) is 139 Å². The van der Waals surface area contributed by atoms with Crippen molar-refractivity contribution in [2.24, 2.45) is 0 Å². The summed E-state index contributed by atoms with van der Waals surface area (Å²) < 4.78 is 21.4. The number of hydrogen-bond acceptors (Lipinski definition) is 3. The summed E-state index contributed by atoms with van der Waals surface area (Å²) in [4.78, 5) is 15.7. The topological polar surface area (TPSA) is 53.5 Å². The van der Waals surface area contributed by atoms with Gasteiger partial charge in [-0.15, -0.1) is 0 Å². The summed E-state index contributed by atoms with van der Waals surface area (Å²) in [5, 5.41) is 6.90. The summed E-state index contributed by atoms with van der Waals surface area (Å²) >= 11 is 0. The van der Waals surface area contributed by atoms with Crippen molar-refractivity contribution in [1.82, 2.24) is 28.7 Å². The number of aromatic nitrogens is 6. The highest BCUT2D eigenvalue weighted by atomic mass is 19.1. The van der Waals surface area contributed by atoms with Crippen LogP contribution in [0, 0.1) is 12.7 Å². The van der Waals surface area contributed by atoms with Crippen LogP contribution in [0.15, 0.2) is 255 Å². The molecule has 0 atom stereocenters. The molecule has 0 saturated heterocycles. The lowest BCUT2D eigenvalue weighted by atomic mass is 10.0. The first kappa shape index (κ1) is 44.3. The van der Waals surface area contributed by atoms with Crippen LogP contribution in [0.3, 0.4) is 0 Å². The number of fused-ring (bicyclic) bond motifs is 9. The van der Waals surface area contributed by atoms with E-state index in [9.17, 15) is 4.39 Å². The molecule has 0 fully saturated rings. The van der Waals surface area contributed by atoms with Crippen LogP contribution in [-0.2, 0) is 0 Å². The molecular formula is C70H45FN6. The Labute approximate surface area is 442 Å². The molecule has 0 unspecified atom stereocenters. The second-order valence-electron chi connectivity index (χ2n) is 19.9. The van der Waals surface area contributed by atoms with Gasteiger partial charge in [0, 0.05) is 54.8 Å². The zero-order valence-electron chi connectivity index (χ0n) is 41.8. The lowest BCUT2D eigenvalue weighted by molar-refractivity contribution is 0.628. The van der Waals surface area contributed by atoms with E-state index in [2.05, 4.69) is 239 Å². The lowest BCUT2D eigenvalue weighted by Crippen LogP contribution is -2.07. The van der Waals surface area contributed by atoms with E-state index < -0.39 is 0 Å². The molecule has 0 amide bonds. The number of rotatable bonds is 8. The molecule has 0 aliphatic heterocycles. The maximum atomic E-state index is 14.5. The Morgan fingerprint density at radius 1 is 0.273 bits per heavy atom. The predicted octanol–water partition coefficient (Wildman–Crippen LogP) is 17.9. The fourth-order valence-electron chi connectivity index (χ4n) is 11.5.